The number of likely N-dealkylation sites (tertiary alicyclic amines) is 1. The fraction of sp³-hybridized carbons (Fsp3) is 0.846. The lowest BCUT2D eigenvalue weighted by molar-refractivity contribution is -0.149. The van der Waals surface area contributed by atoms with E-state index in [1.165, 1.54) is 0 Å². The number of aliphatic carboxylic acids is 1. The fourth-order valence-corrected chi connectivity index (χ4v) is 2.78. The lowest BCUT2D eigenvalue weighted by Crippen LogP contribution is -2.51. The molecule has 2 heterocycles. The first-order valence-corrected chi connectivity index (χ1v) is 6.89. The van der Waals surface area contributed by atoms with Crippen LogP contribution in [0.2, 0.25) is 0 Å². The second kappa shape index (κ2) is 5.88. The van der Waals surface area contributed by atoms with Gasteiger partial charge in [-0.15, -0.1) is 0 Å². The van der Waals surface area contributed by atoms with Crippen molar-refractivity contribution in [3.05, 3.63) is 0 Å². The standard InChI is InChI=1S/C13H22N2O4/c1-13(12(17)18)5-3-6-15(13)9-11(16)14-8-10-4-2-7-19-10/h10H,2-9H2,1H3,(H,14,16)(H,17,18). The quantitative estimate of drug-likeness (QED) is 0.747. The first-order chi connectivity index (χ1) is 9.02. The number of carboxylic acid groups (broad SMARTS) is 1. The van der Waals surface area contributed by atoms with Crippen molar-refractivity contribution in [2.24, 2.45) is 0 Å². The molecule has 2 fully saturated rings. The van der Waals surface area contributed by atoms with Crippen LogP contribution in [0, 0.1) is 0 Å². The summed E-state index contributed by atoms with van der Waals surface area (Å²) in [4.78, 5) is 24.9. The molecule has 2 atom stereocenters. The summed E-state index contributed by atoms with van der Waals surface area (Å²) in [5.41, 5.74) is -0.902. The van der Waals surface area contributed by atoms with Gasteiger partial charge in [0, 0.05) is 13.2 Å². The first-order valence-electron chi connectivity index (χ1n) is 6.89. The molecule has 2 aliphatic heterocycles. The van der Waals surface area contributed by atoms with E-state index in [2.05, 4.69) is 5.32 Å². The van der Waals surface area contributed by atoms with Crippen molar-refractivity contribution in [3.8, 4) is 0 Å². The lowest BCUT2D eigenvalue weighted by Gasteiger charge is -2.30. The van der Waals surface area contributed by atoms with Crippen molar-refractivity contribution in [1.82, 2.24) is 10.2 Å². The zero-order valence-electron chi connectivity index (χ0n) is 11.4. The van der Waals surface area contributed by atoms with Crippen LogP contribution >= 0.6 is 0 Å². The Kier molecular flexibility index (Phi) is 4.42. The number of carbonyl (C=O) groups is 2. The molecule has 0 aromatic carbocycles. The van der Waals surface area contributed by atoms with Gasteiger partial charge in [0.05, 0.1) is 12.6 Å². The number of hydrogen-bond acceptors (Lipinski definition) is 4. The molecule has 6 nitrogen and oxygen atoms in total. The lowest BCUT2D eigenvalue weighted by atomic mass is 9.99. The summed E-state index contributed by atoms with van der Waals surface area (Å²) < 4.78 is 5.43. The van der Waals surface area contributed by atoms with Crippen molar-refractivity contribution < 1.29 is 19.4 Å². The molecule has 2 aliphatic rings. The van der Waals surface area contributed by atoms with Crippen molar-refractivity contribution >= 4 is 11.9 Å². The molecule has 0 aromatic heterocycles. The number of nitrogens with zero attached hydrogens (tertiary/aromatic N) is 1. The van der Waals surface area contributed by atoms with Crippen molar-refractivity contribution in [2.75, 3.05) is 26.2 Å². The van der Waals surface area contributed by atoms with Crippen molar-refractivity contribution in [2.45, 2.75) is 44.2 Å². The molecule has 1 amide bonds. The van der Waals surface area contributed by atoms with E-state index < -0.39 is 11.5 Å². The average molecular weight is 270 g/mol. The monoisotopic (exact) mass is 270 g/mol. The van der Waals surface area contributed by atoms with E-state index in [9.17, 15) is 14.7 Å². The summed E-state index contributed by atoms with van der Waals surface area (Å²) in [6, 6.07) is 0. The van der Waals surface area contributed by atoms with E-state index in [1.54, 1.807) is 11.8 Å². The summed E-state index contributed by atoms with van der Waals surface area (Å²) in [7, 11) is 0. The van der Waals surface area contributed by atoms with Gasteiger partial charge in [-0.1, -0.05) is 0 Å². The van der Waals surface area contributed by atoms with Crippen LogP contribution in [-0.4, -0.2) is 59.8 Å². The fourth-order valence-electron chi connectivity index (χ4n) is 2.78. The normalized spacial score (nSPS) is 31.5. The van der Waals surface area contributed by atoms with Crippen LogP contribution in [0.1, 0.15) is 32.6 Å². The maximum absolute atomic E-state index is 11.9. The Balaban J connectivity index is 1.79. The smallest absolute Gasteiger partial charge is 0.323 e. The summed E-state index contributed by atoms with van der Waals surface area (Å²) in [5.74, 6) is -0.971. The Labute approximate surface area is 113 Å². The minimum Gasteiger partial charge on any atom is -0.480 e. The average Bonchev–Trinajstić information content (AvgIpc) is 2.98. The zero-order valence-corrected chi connectivity index (χ0v) is 11.4. The summed E-state index contributed by atoms with van der Waals surface area (Å²) in [5, 5.41) is 12.1. The molecule has 19 heavy (non-hydrogen) atoms. The number of nitrogens with one attached hydrogen (secondary N) is 1. The highest BCUT2D eigenvalue weighted by Crippen LogP contribution is 2.28. The van der Waals surface area contributed by atoms with Crippen LogP contribution in [0.15, 0.2) is 0 Å². The molecule has 6 heteroatoms. The van der Waals surface area contributed by atoms with Gasteiger partial charge in [0.2, 0.25) is 5.91 Å². The van der Waals surface area contributed by atoms with Gasteiger partial charge in [-0.05, 0) is 39.2 Å². The van der Waals surface area contributed by atoms with E-state index in [1.807, 2.05) is 0 Å². The molecule has 0 saturated carbocycles. The molecule has 2 rings (SSSR count). The minimum atomic E-state index is -0.902. The summed E-state index contributed by atoms with van der Waals surface area (Å²) >= 11 is 0. The molecular weight excluding hydrogens is 248 g/mol. The number of ether oxygens (including phenoxy) is 1. The van der Waals surface area contributed by atoms with E-state index in [-0.39, 0.29) is 18.6 Å². The maximum atomic E-state index is 11.9. The number of carboxylic acids is 1. The highest BCUT2D eigenvalue weighted by atomic mass is 16.5. The highest BCUT2D eigenvalue weighted by Gasteiger charge is 2.43. The molecule has 0 spiro atoms. The van der Waals surface area contributed by atoms with Gasteiger partial charge in [0.1, 0.15) is 5.54 Å². The SMILES string of the molecule is CC1(C(=O)O)CCCN1CC(=O)NCC1CCCO1. The molecule has 0 bridgehead atoms. The van der Waals surface area contributed by atoms with E-state index in [4.69, 9.17) is 4.74 Å². The third-order valence-corrected chi connectivity index (χ3v) is 4.14. The van der Waals surface area contributed by atoms with Gasteiger partial charge >= 0.3 is 5.97 Å². The molecule has 108 valence electrons. The highest BCUT2D eigenvalue weighted by molar-refractivity contribution is 5.82. The number of rotatable bonds is 5. The second-order valence-electron chi connectivity index (χ2n) is 5.54. The van der Waals surface area contributed by atoms with E-state index in [0.29, 0.717) is 19.5 Å². The first kappa shape index (κ1) is 14.3. The van der Waals surface area contributed by atoms with Gasteiger partial charge in [0.15, 0.2) is 0 Å². The van der Waals surface area contributed by atoms with Crippen LogP contribution in [0.4, 0.5) is 0 Å². The van der Waals surface area contributed by atoms with Gasteiger partial charge in [-0.3, -0.25) is 14.5 Å². The predicted octanol–water partition coefficient (Wildman–Crippen LogP) is 0.221. The zero-order chi connectivity index (χ0) is 13.9. The topological polar surface area (TPSA) is 78.9 Å². The predicted molar refractivity (Wildman–Crippen MR) is 68.8 cm³/mol. The number of carbonyl (C=O) groups excluding carboxylic acids is 1. The summed E-state index contributed by atoms with van der Waals surface area (Å²) in [6.45, 7) is 3.79. The van der Waals surface area contributed by atoms with Gasteiger partial charge in [-0.2, -0.15) is 0 Å². The van der Waals surface area contributed by atoms with Crippen LogP contribution < -0.4 is 5.32 Å². The number of hydrogen-bond donors (Lipinski definition) is 2. The molecule has 0 radical (unpaired) electrons. The third kappa shape index (κ3) is 3.25. The Morgan fingerprint density at radius 3 is 2.89 bits per heavy atom. The maximum Gasteiger partial charge on any atom is 0.323 e. The number of amides is 1. The molecule has 2 N–H and O–H groups in total. The minimum absolute atomic E-state index is 0.119. The molecule has 2 saturated heterocycles. The Bertz CT molecular complexity index is 355. The van der Waals surface area contributed by atoms with E-state index in [0.717, 1.165) is 25.9 Å². The van der Waals surface area contributed by atoms with E-state index >= 15 is 0 Å². The Hall–Kier alpha value is -1.14. The molecular formula is C13H22N2O4. The van der Waals surface area contributed by atoms with Crippen LogP contribution in [0.5, 0.6) is 0 Å². The van der Waals surface area contributed by atoms with Crippen LogP contribution in [0.3, 0.4) is 0 Å². The second-order valence-corrected chi connectivity index (χ2v) is 5.54. The third-order valence-electron chi connectivity index (χ3n) is 4.14. The summed E-state index contributed by atoms with van der Waals surface area (Å²) in [6.07, 6.45) is 3.57. The molecule has 0 aliphatic carbocycles. The largest absolute Gasteiger partial charge is 0.480 e. The van der Waals surface area contributed by atoms with Crippen LogP contribution in [-0.2, 0) is 14.3 Å². The van der Waals surface area contributed by atoms with Crippen molar-refractivity contribution in [1.29, 1.82) is 0 Å². The van der Waals surface area contributed by atoms with Gasteiger partial charge in [0.25, 0.3) is 0 Å². The Morgan fingerprint density at radius 2 is 2.26 bits per heavy atom. The van der Waals surface area contributed by atoms with Crippen molar-refractivity contribution in [3.63, 3.8) is 0 Å². The van der Waals surface area contributed by atoms with Gasteiger partial charge in [-0.25, -0.2) is 0 Å². The van der Waals surface area contributed by atoms with Crippen LogP contribution in [0.25, 0.3) is 0 Å². The van der Waals surface area contributed by atoms with Gasteiger partial charge < -0.3 is 15.2 Å². The molecule has 0 aromatic rings. The molecule has 2 unspecified atom stereocenters. The Morgan fingerprint density at radius 1 is 1.47 bits per heavy atom.